The minimum absolute atomic E-state index is 0.220. The number of halogens is 1. The summed E-state index contributed by atoms with van der Waals surface area (Å²) in [5.74, 6) is -0.343. The molecule has 192 valence electrons. The van der Waals surface area contributed by atoms with Gasteiger partial charge in [0.2, 0.25) is 21.8 Å². The molecule has 1 N–H and O–H groups in total. The Labute approximate surface area is 213 Å². The van der Waals surface area contributed by atoms with Crippen LogP contribution in [-0.4, -0.2) is 64.2 Å². The Kier molecular flexibility index (Phi) is 10.9. The highest BCUT2D eigenvalue weighted by atomic mass is 35.5. The summed E-state index contributed by atoms with van der Waals surface area (Å²) in [6, 6.07) is 13.4. The summed E-state index contributed by atoms with van der Waals surface area (Å²) < 4.78 is 31.4. The predicted octanol–water partition coefficient (Wildman–Crippen LogP) is 3.49. The number of anilines is 1. The molecule has 0 spiro atoms. The highest BCUT2D eigenvalue weighted by Crippen LogP contribution is 2.30. The van der Waals surface area contributed by atoms with Crippen LogP contribution in [0, 0.1) is 0 Å². The van der Waals surface area contributed by atoms with Crippen LogP contribution in [0.25, 0.3) is 0 Å². The maximum Gasteiger partial charge on any atom is 0.244 e. The minimum Gasteiger partial charge on any atom is -0.495 e. The van der Waals surface area contributed by atoms with Crippen LogP contribution in [0.15, 0.2) is 48.5 Å². The van der Waals surface area contributed by atoms with Gasteiger partial charge in [0.25, 0.3) is 0 Å². The first-order valence-corrected chi connectivity index (χ1v) is 13.8. The molecule has 2 aromatic carbocycles. The number of ether oxygens (including phenoxy) is 1. The summed E-state index contributed by atoms with van der Waals surface area (Å²) in [5.41, 5.74) is 1.24. The van der Waals surface area contributed by atoms with Crippen LogP contribution in [0.2, 0.25) is 5.02 Å². The van der Waals surface area contributed by atoms with Crippen molar-refractivity contribution in [3.63, 3.8) is 0 Å². The normalized spacial score (nSPS) is 12.0. The van der Waals surface area contributed by atoms with Crippen molar-refractivity contribution in [3.8, 4) is 5.75 Å². The van der Waals surface area contributed by atoms with Gasteiger partial charge in [-0.3, -0.25) is 13.9 Å². The molecule has 2 amide bonds. The number of methoxy groups -OCH3 is 1. The Morgan fingerprint density at radius 3 is 2.34 bits per heavy atom. The number of amides is 2. The van der Waals surface area contributed by atoms with Crippen LogP contribution < -0.4 is 14.4 Å². The van der Waals surface area contributed by atoms with E-state index in [0.717, 1.165) is 22.5 Å². The smallest absolute Gasteiger partial charge is 0.244 e. The fourth-order valence-electron chi connectivity index (χ4n) is 3.69. The van der Waals surface area contributed by atoms with E-state index in [0.29, 0.717) is 25.1 Å². The van der Waals surface area contributed by atoms with Crippen molar-refractivity contribution < 1.29 is 22.7 Å². The van der Waals surface area contributed by atoms with Crippen molar-refractivity contribution in [1.82, 2.24) is 10.2 Å². The van der Waals surface area contributed by atoms with Gasteiger partial charge in [-0.25, -0.2) is 8.42 Å². The second kappa shape index (κ2) is 13.3. The van der Waals surface area contributed by atoms with Gasteiger partial charge in [-0.1, -0.05) is 55.8 Å². The molecule has 0 heterocycles. The first-order chi connectivity index (χ1) is 16.6. The highest BCUT2D eigenvalue weighted by Gasteiger charge is 2.31. The zero-order valence-electron chi connectivity index (χ0n) is 20.7. The van der Waals surface area contributed by atoms with E-state index in [1.165, 1.54) is 24.1 Å². The second-order valence-corrected chi connectivity index (χ2v) is 10.4. The molecular weight excluding hydrogens is 490 g/mol. The SMILES string of the molecule is CCCNC(=O)C(CC)N(CCc1ccccc1)C(=O)CN(c1ccc(OC)c(Cl)c1)S(C)(=O)=O. The number of nitrogens with one attached hydrogen (secondary N) is 1. The van der Waals surface area contributed by atoms with Crippen molar-refractivity contribution in [3.05, 3.63) is 59.1 Å². The number of rotatable bonds is 13. The van der Waals surface area contributed by atoms with E-state index in [-0.39, 0.29) is 23.2 Å². The summed E-state index contributed by atoms with van der Waals surface area (Å²) in [6.07, 6.45) is 2.71. The summed E-state index contributed by atoms with van der Waals surface area (Å²) >= 11 is 6.21. The van der Waals surface area contributed by atoms with Crippen LogP contribution in [0.5, 0.6) is 5.75 Å². The van der Waals surface area contributed by atoms with Crippen LogP contribution in [-0.2, 0) is 26.0 Å². The Morgan fingerprint density at radius 2 is 1.80 bits per heavy atom. The molecule has 2 aromatic rings. The third-order valence-electron chi connectivity index (χ3n) is 5.52. The Hall–Kier alpha value is -2.78. The number of hydrogen-bond acceptors (Lipinski definition) is 5. The van der Waals surface area contributed by atoms with Gasteiger partial charge in [0.05, 0.1) is 24.1 Å². The van der Waals surface area contributed by atoms with Gasteiger partial charge in [-0.2, -0.15) is 0 Å². The van der Waals surface area contributed by atoms with Gasteiger partial charge in [0.15, 0.2) is 0 Å². The first-order valence-electron chi connectivity index (χ1n) is 11.5. The molecule has 0 radical (unpaired) electrons. The summed E-state index contributed by atoms with van der Waals surface area (Å²) in [6.45, 7) is 4.08. The van der Waals surface area contributed by atoms with Gasteiger partial charge >= 0.3 is 0 Å². The zero-order valence-corrected chi connectivity index (χ0v) is 22.2. The van der Waals surface area contributed by atoms with Crippen molar-refractivity contribution in [1.29, 1.82) is 0 Å². The summed E-state index contributed by atoms with van der Waals surface area (Å²) in [7, 11) is -2.37. The molecular formula is C25H34ClN3O5S. The van der Waals surface area contributed by atoms with E-state index < -0.39 is 28.5 Å². The van der Waals surface area contributed by atoms with Crippen LogP contribution in [0.4, 0.5) is 5.69 Å². The van der Waals surface area contributed by atoms with Crippen molar-refractivity contribution in [2.45, 2.75) is 39.2 Å². The standard InChI is InChI=1S/C25H34ClN3O5S/c1-5-15-27-25(31)22(6-2)28(16-14-19-10-8-7-9-11-19)24(30)18-29(35(4,32)33)20-12-13-23(34-3)21(26)17-20/h7-13,17,22H,5-6,14-16,18H2,1-4H3,(H,27,31). The molecule has 0 saturated heterocycles. The third kappa shape index (κ3) is 8.14. The van der Waals surface area contributed by atoms with E-state index >= 15 is 0 Å². The molecule has 0 aliphatic heterocycles. The maximum absolute atomic E-state index is 13.6. The molecule has 0 aromatic heterocycles. The molecule has 2 rings (SSSR count). The number of carbonyl (C=O) groups is 2. The fraction of sp³-hybridized carbons (Fsp3) is 0.440. The topological polar surface area (TPSA) is 96.0 Å². The molecule has 0 saturated carbocycles. The lowest BCUT2D eigenvalue weighted by Crippen LogP contribution is -2.53. The van der Waals surface area contributed by atoms with Gasteiger partial charge in [0, 0.05) is 13.1 Å². The Bertz CT molecular complexity index is 1100. The third-order valence-corrected chi connectivity index (χ3v) is 6.96. The van der Waals surface area contributed by atoms with E-state index in [2.05, 4.69) is 5.32 Å². The average molecular weight is 524 g/mol. The molecule has 35 heavy (non-hydrogen) atoms. The molecule has 0 aliphatic carbocycles. The van der Waals surface area contributed by atoms with E-state index in [1.54, 1.807) is 6.07 Å². The first kappa shape index (κ1) is 28.5. The number of hydrogen-bond donors (Lipinski definition) is 1. The zero-order chi connectivity index (χ0) is 26.0. The monoisotopic (exact) mass is 523 g/mol. The average Bonchev–Trinajstić information content (AvgIpc) is 2.83. The molecule has 10 heteroatoms. The summed E-state index contributed by atoms with van der Waals surface area (Å²) in [4.78, 5) is 27.9. The Morgan fingerprint density at radius 1 is 1.11 bits per heavy atom. The van der Waals surface area contributed by atoms with Gasteiger partial charge < -0.3 is 15.0 Å². The molecule has 0 fully saturated rings. The fourth-order valence-corrected chi connectivity index (χ4v) is 4.78. The van der Waals surface area contributed by atoms with Crippen molar-refractivity contribution in [2.24, 2.45) is 0 Å². The lowest BCUT2D eigenvalue weighted by Gasteiger charge is -2.33. The van der Waals surface area contributed by atoms with E-state index in [9.17, 15) is 18.0 Å². The van der Waals surface area contributed by atoms with Crippen LogP contribution in [0.1, 0.15) is 32.3 Å². The number of sulfonamides is 1. The quantitative estimate of drug-likeness (QED) is 0.433. The van der Waals surface area contributed by atoms with E-state index in [1.807, 2.05) is 44.2 Å². The van der Waals surface area contributed by atoms with Crippen LogP contribution >= 0.6 is 11.6 Å². The maximum atomic E-state index is 13.6. The van der Waals surface area contributed by atoms with Crippen molar-refractivity contribution >= 4 is 39.1 Å². The number of carbonyl (C=O) groups excluding carboxylic acids is 2. The van der Waals surface area contributed by atoms with Gasteiger partial charge in [-0.15, -0.1) is 0 Å². The highest BCUT2D eigenvalue weighted by molar-refractivity contribution is 7.92. The van der Waals surface area contributed by atoms with Crippen LogP contribution in [0.3, 0.4) is 0 Å². The number of nitrogens with zero attached hydrogens (tertiary/aromatic N) is 2. The molecule has 0 aliphatic rings. The molecule has 1 atom stereocenters. The largest absolute Gasteiger partial charge is 0.495 e. The van der Waals surface area contributed by atoms with Crippen molar-refractivity contribution in [2.75, 3.05) is 37.3 Å². The minimum atomic E-state index is -3.83. The lowest BCUT2D eigenvalue weighted by atomic mass is 10.1. The summed E-state index contributed by atoms with van der Waals surface area (Å²) in [5, 5.41) is 3.08. The van der Waals surface area contributed by atoms with E-state index in [4.69, 9.17) is 16.3 Å². The number of benzene rings is 2. The van der Waals surface area contributed by atoms with Gasteiger partial charge in [-0.05, 0) is 43.0 Å². The second-order valence-electron chi connectivity index (χ2n) is 8.13. The predicted molar refractivity (Wildman–Crippen MR) is 139 cm³/mol. The molecule has 8 nitrogen and oxygen atoms in total. The lowest BCUT2D eigenvalue weighted by molar-refractivity contribution is -0.139. The Balaban J connectivity index is 2.37. The molecule has 0 bridgehead atoms. The molecule has 1 unspecified atom stereocenters. The van der Waals surface area contributed by atoms with Gasteiger partial charge in [0.1, 0.15) is 18.3 Å².